The zero-order valence-corrected chi connectivity index (χ0v) is 10.9. The Balaban J connectivity index is 1.91. The van der Waals surface area contributed by atoms with Crippen LogP contribution in [-0.4, -0.2) is 11.7 Å². The first kappa shape index (κ1) is 12.8. The molecule has 0 saturated carbocycles. The molecule has 1 unspecified atom stereocenters. The standard InChI is InChI=1S/C15H15ClO2/c1-15(16,18-14-10-6-3-7-11-14)12-17-13-8-4-2-5-9-13/h2-11H,12H2,1H3. The molecule has 0 bridgehead atoms. The van der Waals surface area contributed by atoms with Crippen molar-refractivity contribution in [3.8, 4) is 11.5 Å². The Kier molecular flexibility index (Phi) is 4.11. The molecule has 0 spiro atoms. The fraction of sp³-hybridized carbons (Fsp3) is 0.200. The normalized spacial score (nSPS) is 13.7. The summed E-state index contributed by atoms with van der Waals surface area (Å²) >= 11 is 6.27. The summed E-state index contributed by atoms with van der Waals surface area (Å²) in [4.78, 5) is 0. The molecule has 94 valence electrons. The van der Waals surface area contributed by atoms with E-state index >= 15 is 0 Å². The minimum absolute atomic E-state index is 0.271. The largest absolute Gasteiger partial charge is 0.488 e. The minimum Gasteiger partial charge on any atom is -0.488 e. The van der Waals surface area contributed by atoms with E-state index in [0.29, 0.717) is 0 Å². The van der Waals surface area contributed by atoms with Crippen LogP contribution in [0.1, 0.15) is 6.92 Å². The maximum Gasteiger partial charge on any atom is 0.213 e. The molecule has 0 N–H and O–H groups in total. The number of rotatable bonds is 5. The highest BCUT2D eigenvalue weighted by atomic mass is 35.5. The lowest BCUT2D eigenvalue weighted by molar-refractivity contribution is 0.107. The lowest BCUT2D eigenvalue weighted by Gasteiger charge is -2.24. The first-order valence-corrected chi connectivity index (χ1v) is 6.14. The van der Waals surface area contributed by atoms with Crippen LogP contribution in [0.5, 0.6) is 11.5 Å². The second-order valence-corrected chi connectivity index (χ2v) is 4.92. The number of halogens is 1. The summed E-state index contributed by atoms with van der Waals surface area (Å²) in [5.41, 5.74) is 0. The quantitative estimate of drug-likeness (QED) is 0.756. The summed E-state index contributed by atoms with van der Waals surface area (Å²) in [5, 5.41) is -0.892. The zero-order chi connectivity index (χ0) is 12.8. The number of benzene rings is 2. The molecule has 0 aromatic heterocycles. The van der Waals surface area contributed by atoms with Gasteiger partial charge in [0.2, 0.25) is 5.06 Å². The molecule has 0 fully saturated rings. The van der Waals surface area contributed by atoms with E-state index in [1.807, 2.05) is 60.7 Å². The van der Waals surface area contributed by atoms with E-state index in [-0.39, 0.29) is 6.61 Å². The molecule has 2 rings (SSSR count). The second-order valence-electron chi connectivity index (χ2n) is 4.12. The smallest absolute Gasteiger partial charge is 0.213 e. The molecule has 0 saturated heterocycles. The van der Waals surface area contributed by atoms with Gasteiger partial charge in [0.25, 0.3) is 0 Å². The van der Waals surface area contributed by atoms with Gasteiger partial charge in [-0.25, -0.2) is 0 Å². The molecule has 2 nitrogen and oxygen atoms in total. The maximum absolute atomic E-state index is 6.27. The number of alkyl halides is 1. The predicted molar refractivity (Wildman–Crippen MR) is 73.3 cm³/mol. The molecule has 3 heteroatoms. The van der Waals surface area contributed by atoms with Gasteiger partial charge in [-0.1, -0.05) is 48.0 Å². The third kappa shape index (κ3) is 3.97. The highest BCUT2D eigenvalue weighted by Crippen LogP contribution is 2.23. The van der Waals surface area contributed by atoms with Crippen molar-refractivity contribution in [2.24, 2.45) is 0 Å². The summed E-state index contributed by atoms with van der Waals surface area (Å²) in [6.45, 7) is 2.05. The van der Waals surface area contributed by atoms with Crippen molar-refractivity contribution < 1.29 is 9.47 Å². The molecule has 2 aromatic rings. The molecule has 0 amide bonds. The lowest BCUT2D eigenvalue weighted by Crippen LogP contribution is -2.32. The molecule has 18 heavy (non-hydrogen) atoms. The number of ether oxygens (including phenoxy) is 2. The van der Waals surface area contributed by atoms with Crippen molar-refractivity contribution in [2.45, 2.75) is 12.0 Å². The number of hydrogen-bond acceptors (Lipinski definition) is 2. The van der Waals surface area contributed by atoms with Gasteiger partial charge in [0, 0.05) is 0 Å². The summed E-state index contributed by atoms with van der Waals surface area (Å²) in [5.74, 6) is 1.51. The molecule has 0 aliphatic heterocycles. The highest BCUT2D eigenvalue weighted by molar-refractivity contribution is 6.23. The van der Waals surface area contributed by atoms with Crippen LogP contribution in [0.25, 0.3) is 0 Å². The SMILES string of the molecule is CC(Cl)(COc1ccccc1)Oc1ccccc1. The maximum atomic E-state index is 6.27. The van der Waals surface area contributed by atoms with Crippen molar-refractivity contribution >= 4 is 11.6 Å². The van der Waals surface area contributed by atoms with Gasteiger partial charge in [-0.3, -0.25) is 0 Å². The van der Waals surface area contributed by atoms with E-state index < -0.39 is 5.06 Å². The van der Waals surface area contributed by atoms with Crippen LogP contribution in [0.2, 0.25) is 0 Å². The third-order valence-electron chi connectivity index (χ3n) is 2.31. The molecular formula is C15H15ClO2. The van der Waals surface area contributed by atoms with Crippen LogP contribution < -0.4 is 9.47 Å². The lowest BCUT2D eigenvalue weighted by atomic mass is 10.3. The van der Waals surface area contributed by atoms with E-state index in [2.05, 4.69) is 0 Å². The van der Waals surface area contributed by atoms with E-state index in [1.54, 1.807) is 6.92 Å². The Morgan fingerprint density at radius 3 is 1.94 bits per heavy atom. The van der Waals surface area contributed by atoms with Crippen molar-refractivity contribution in [1.82, 2.24) is 0 Å². The molecule has 0 aliphatic carbocycles. The van der Waals surface area contributed by atoms with Crippen molar-refractivity contribution in [3.05, 3.63) is 60.7 Å². The zero-order valence-electron chi connectivity index (χ0n) is 10.2. The van der Waals surface area contributed by atoms with Gasteiger partial charge in [-0.05, 0) is 31.2 Å². The second kappa shape index (κ2) is 5.78. The molecule has 2 aromatic carbocycles. The van der Waals surface area contributed by atoms with Gasteiger partial charge in [-0.15, -0.1) is 0 Å². The Morgan fingerprint density at radius 1 is 0.889 bits per heavy atom. The van der Waals surface area contributed by atoms with Gasteiger partial charge in [-0.2, -0.15) is 0 Å². The summed E-state index contributed by atoms with van der Waals surface area (Å²) in [6.07, 6.45) is 0. The summed E-state index contributed by atoms with van der Waals surface area (Å²) < 4.78 is 11.3. The van der Waals surface area contributed by atoms with Crippen LogP contribution >= 0.6 is 11.6 Å². The number of hydrogen-bond donors (Lipinski definition) is 0. The molecule has 0 radical (unpaired) electrons. The topological polar surface area (TPSA) is 18.5 Å². The van der Waals surface area contributed by atoms with Crippen LogP contribution in [0.4, 0.5) is 0 Å². The van der Waals surface area contributed by atoms with Crippen LogP contribution in [0.3, 0.4) is 0 Å². The van der Waals surface area contributed by atoms with Gasteiger partial charge in [0.1, 0.15) is 18.1 Å². The van der Waals surface area contributed by atoms with Crippen LogP contribution in [0.15, 0.2) is 60.7 Å². The van der Waals surface area contributed by atoms with E-state index in [4.69, 9.17) is 21.1 Å². The van der Waals surface area contributed by atoms with Crippen molar-refractivity contribution in [3.63, 3.8) is 0 Å². The van der Waals surface area contributed by atoms with Crippen LogP contribution in [0, 0.1) is 0 Å². The fourth-order valence-corrected chi connectivity index (χ4v) is 1.64. The third-order valence-corrected chi connectivity index (χ3v) is 2.50. The van der Waals surface area contributed by atoms with Gasteiger partial charge >= 0.3 is 0 Å². The van der Waals surface area contributed by atoms with Gasteiger partial charge in [0.15, 0.2) is 0 Å². The average molecular weight is 263 g/mol. The van der Waals surface area contributed by atoms with E-state index in [0.717, 1.165) is 11.5 Å². The highest BCUT2D eigenvalue weighted by Gasteiger charge is 2.24. The van der Waals surface area contributed by atoms with E-state index in [1.165, 1.54) is 0 Å². The predicted octanol–water partition coefficient (Wildman–Crippen LogP) is 4.10. The molecule has 1 atom stereocenters. The summed E-state index contributed by atoms with van der Waals surface area (Å²) in [6, 6.07) is 19.0. The monoisotopic (exact) mass is 262 g/mol. The summed E-state index contributed by atoms with van der Waals surface area (Å²) in [7, 11) is 0. The Hall–Kier alpha value is -1.67. The average Bonchev–Trinajstić information content (AvgIpc) is 2.38. The molecular weight excluding hydrogens is 248 g/mol. The minimum atomic E-state index is -0.892. The molecule has 0 heterocycles. The Morgan fingerprint density at radius 2 is 1.39 bits per heavy atom. The van der Waals surface area contributed by atoms with E-state index in [9.17, 15) is 0 Å². The van der Waals surface area contributed by atoms with Gasteiger partial charge in [0.05, 0.1) is 0 Å². The first-order chi connectivity index (χ1) is 8.66. The Bertz CT molecular complexity index is 468. The van der Waals surface area contributed by atoms with Gasteiger partial charge < -0.3 is 9.47 Å². The fourth-order valence-electron chi connectivity index (χ4n) is 1.49. The Labute approximate surface area is 112 Å². The number of para-hydroxylation sites is 2. The first-order valence-electron chi connectivity index (χ1n) is 5.76. The molecule has 0 aliphatic rings. The van der Waals surface area contributed by atoms with Crippen molar-refractivity contribution in [2.75, 3.05) is 6.61 Å². The van der Waals surface area contributed by atoms with Crippen LogP contribution in [-0.2, 0) is 0 Å². The van der Waals surface area contributed by atoms with Crippen molar-refractivity contribution in [1.29, 1.82) is 0 Å².